The Morgan fingerprint density at radius 1 is 1.58 bits per heavy atom. The fourth-order valence-corrected chi connectivity index (χ4v) is 0.803. The summed E-state index contributed by atoms with van der Waals surface area (Å²) in [6.45, 7) is -0.221. The summed E-state index contributed by atoms with van der Waals surface area (Å²) in [5.74, 6) is 0.624. The van der Waals surface area contributed by atoms with E-state index < -0.39 is 0 Å². The summed E-state index contributed by atoms with van der Waals surface area (Å²) in [5, 5.41) is 18.5. The van der Waals surface area contributed by atoms with Crippen LogP contribution >= 0.6 is 0 Å². The van der Waals surface area contributed by atoms with Gasteiger partial charge in [0.1, 0.15) is 6.61 Å². The largest absolute Gasteiger partial charge is 0.388 e. The number of nitrogens with zero attached hydrogens (tertiary/aromatic N) is 3. The van der Waals surface area contributed by atoms with Crippen LogP contribution < -0.4 is 0 Å². The minimum absolute atomic E-state index is 0.221. The van der Waals surface area contributed by atoms with E-state index in [1.165, 1.54) is 0 Å². The van der Waals surface area contributed by atoms with Crippen LogP contribution in [0.3, 0.4) is 0 Å². The van der Waals surface area contributed by atoms with Crippen LogP contribution in [0.15, 0.2) is 16.9 Å². The third-order valence-electron chi connectivity index (χ3n) is 1.35. The molecule has 0 radical (unpaired) electrons. The van der Waals surface area contributed by atoms with Gasteiger partial charge in [-0.15, -0.1) is 0 Å². The summed E-state index contributed by atoms with van der Waals surface area (Å²) < 4.78 is 4.82. The molecular formula is C6H6N4O2. The van der Waals surface area contributed by atoms with Crippen molar-refractivity contribution in [3.05, 3.63) is 18.2 Å². The highest BCUT2D eigenvalue weighted by Gasteiger charge is 2.07. The number of H-pyrrole nitrogens is 1. The molecule has 0 fully saturated rings. The molecule has 62 valence electrons. The number of hydrogen-bond donors (Lipinski definition) is 2. The fraction of sp³-hybridized carbons (Fsp3) is 0.167. The molecule has 0 unspecified atom stereocenters. The van der Waals surface area contributed by atoms with E-state index in [4.69, 9.17) is 9.63 Å². The van der Waals surface area contributed by atoms with Crippen LogP contribution in [0.2, 0.25) is 0 Å². The third-order valence-corrected chi connectivity index (χ3v) is 1.35. The van der Waals surface area contributed by atoms with E-state index in [9.17, 15) is 0 Å². The second-order valence-corrected chi connectivity index (χ2v) is 2.16. The van der Waals surface area contributed by atoms with Gasteiger partial charge in [-0.25, -0.2) is 0 Å². The van der Waals surface area contributed by atoms with Crippen molar-refractivity contribution in [2.45, 2.75) is 6.61 Å². The molecule has 6 nitrogen and oxygen atoms in total. The topological polar surface area (TPSA) is 87.8 Å². The Bertz CT molecular complexity index is 353. The number of aliphatic hydroxyl groups is 1. The van der Waals surface area contributed by atoms with Gasteiger partial charge < -0.3 is 9.63 Å². The van der Waals surface area contributed by atoms with E-state index in [0.29, 0.717) is 11.5 Å². The van der Waals surface area contributed by atoms with Gasteiger partial charge in [0.25, 0.3) is 5.89 Å². The zero-order valence-electron chi connectivity index (χ0n) is 6.06. The summed E-state index contributed by atoms with van der Waals surface area (Å²) in [6.07, 6.45) is 3.20. The zero-order valence-corrected chi connectivity index (χ0v) is 6.06. The van der Waals surface area contributed by atoms with Crippen molar-refractivity contribution in [3.8, 4) is 11.5 Å². The molecule has 2 aromatic heterocycles. The van der Waals surface area contributed by atoms with Crippen molar-refractivity contribution in [3.63, 3.8) is 0 Å². The lowest BCUT2D eigenvalue weighted by Crippen LogP contribution is -1.84. The van der Waals surface area contributed by atoms with E-state index in [1.807, 2.05) is 0 Å². The van der Waals surface area contributed by atoms with Gasteiger partial charge in [0, 0.05) is 6.20 Å². The maximum absolute atomic E-state index is 8.64. The summed E-state index contributed by atoms with van der Waals surface area (Å²) in [6, 6.07) is 0. The lowest BCUT2D eigenvalue weighted by Gasteiger charge is -1.80. The number of hydrogen-bond acceptors (Lipinski definition) is 5. The van der Waals surface area contributed by atoms with Crippen LogP contribution in [-0.2, 0) is 6.61 Å². The van der Waals surface area contributed by atoms with Gasteiger partial charge in [-0.3, -0.25) is 5.10 Å². The maximum Gasteiger partial charge on any atom is 0.261 e. The van der Waals surface area contributed by atoms with Crippen molar-refractivity contribution in [1.82, 2.24) is 20.3 Å². The van der Waals surface area contributed by atoms with Gasteiger partial charge in [0.2, 0.25) is 0 Å². The molecule has 0 amide bonds. The Morgan fingerprint density at radius 2 is 2.50 bits per heavy atom. The van der Waals surface area contributed by atoms with Crippen LogP contribution in [0.1, 0.15) is 5.82 Å². The van der Waals surface area contributed by atoms with Crippen LogP contribution in [0, 0.1) is 0 Å². The molecule has 12 heavy (non-hydrogen) atoms. The highest BCUT2D eigenvalue weighted by molar-refractivity contribution is 5.48. The predicted molar refractivity (Wildman–Crippen MR) is 37.8 cm³/mol. The second kappa shape index (κ2) is 2.74. The van der Waals surface area contributed by atoms with E-state index >= 15 is 0 Å². The first-order valence-electron chi connectivity index (χ1n) is 3.33. The zero-order chi connectivity index (χ0) is 8.39. The number of aromatic amines is 1. The number of rotatable bonds is 2. The Kier molecular flexibility index (Phi) is 1.60. The van der Waals surface area contributed by atoms with E-state index in [2.05, 4.69) is 20.3 Å². The van der Waals surface area contributed by atoms with Crippen LogP contribution in [0.5, 0.6) is 0 Å². The average molecular weight is 166 g/mol. The molecule has 0 aliphatic heterocycles. The predicted octanol–water partition coefficient (Wildman–Crippen LogP) is -0.0480. The molecule has 0 spiro atoms. The van der Waals surface area contributed by atoms with Gasteiger partial charge >= 0.3 is 0 Å². The maximum atomic E-state index is 8.64. The average Bonchev–Trinajstić information content (AvgIpc) is 2.75. The molecular weight excluding hydrogens is 160 g/mol. The van der Waals surface area contributed by atoms with E-state index in [0.717, 1.165) is 0 Å². The van der Waals surface area contributed by atoms with Crippen molar-refractivity contribution in [2.75, 3.05) is 0 Å². The molecule has 0 bridgehead atoms. The molecule has 0 saturated heterocycles. The van der Waals surface area contributed by atoms with Crippen molar-refractivity contribution in [2.24, 2.45) is 0 Å². The summed E-state index contributed by atoms with van der Waals surface area (Å²) >= 11 is 0. The molecule has 0 aromatic carbocycles. The fourth-order valence-electron chi connectivity index (χ4n) is 0.803. The quantitative estimate of drug-likeness (QED) is 0.653. The minimum atomic E-state index is -0.221. The lowest BCUT2D eigenvalue weighted by molar-refractivity contribution is 0.264. The molecule has 0 saturated carbocycles. The second-order valence-electron chi connectivity index (χ2n) is 2.16. The highest BCUT2D eigenvalue weighted by Crippen LogP contribution is 2.13. The standard InChI is InChI=1S/C6H6N4O2/c11-3-5-9-6(12-10-5)4-1-7-8-2-4/h1-2,11H,3H2,(H,7,8). The van der Waals surface area contributed by atoms with Crippen molar-refractivity contribution in [1.29, 1.82) is 0 Å². The van der Waals surface area contributed by atoms with Crippen molar-refractivity contribution < 1.29 is 9.63 Å². The monoisotopic (exact) mass is 166 g/mol. The Hall–Kier alpha value is -1.69. The molecule has 0 atom stereocenters. The van der Waals surface area contributed by atoms with Gasteiger partial charge in [-0.05, 0) is 0 Å². The molecule has 0 aliphatic rings. The summed E-state index contributed by atoms with van der Waals surface area (Å²) in [7, 11) is 0. The van der Waals surface area contributed by atoms with Gasteiger partial charge in [-0.2, -0.15) is 10.1 Å². The molecule has 2 N–H and O–H groups in total. The molecule has 2 heterocycles. The Labute approximate surface area is 67.2 Å². The summed E-state index contributed by atoms with van der Waals surface area (Å²) in [4.78, 5) is 3.88. The van der Waals surface area contributed by atoms with Gasteiger partial charge in [0.15, 0.2) is 5.82 Å². The third kappa shape index (κ3) is 1.08. The first kappa shape index (κ1) is 6.99. The molecule has 0 aliphatic carbocycles. The first-order valence-corrected chi connectivity index (χ1v) is 3.33. The molecule has 2 rings (SSSR count). The lowest BCUT2D eigenvalue weighted by atomic mass is 10.4. The Morgan fingerprint density at radius 3 is 3.08 bits per heavy atom. The van der Waals surface area contributed by atoms with E-state index in [-0.39, 0.29) is 12.4 Å². The van der Waals surface area contributed by atoms with Gasteiger partial charge in [-0.1, -0.05) is 5.16 Å². The number of aromatic nitrogens is 4. The Balaban J connectivity index is 2.35. The SMILES string of the molecule is OCc1noc(-c2cn[nH]c2)n1. The smallest absolute Gasteiger partial charge is 0.261 e. The number of nitrogens with one attached hydrogen (secondary N) is 1. The van der Waals surface area contributed by atoms with Crippen molar-refractivity contribution >= 4 is 0 Å². The first-order chi connectivity index (χ1) is 5.90. The molecule has 6 heteroatoms. The van der Waals surface area contributed by atoms with E-state index in [1.54, 1.807) is 12.4 Å². The summed E-state index contributed by atoms with van der Waals surface area (Å²) in [5.41, 5.74) is 0.710. The minimum Gasteiger partial charge on any atom is -0.388 e. The van der Waals surface area contributed by atoms with Gasteiger partial charge in [0.05, 0.1) is 11.8 Å². The highest BCUT2D eigenvalue weighted by atomic mass is 16.5. The normalized spacial score (nSPS) is 10.4. The number of aliphatic hydroxyl groups excluding tert-OH is 1. The van der Waals surface area contributed by atoms with Crippen LogP contribution in [0.4, 0.5) is 0 Å². The van der Waals surface area contributed by atoms with Crippen LogP contribution in [-0.4, -0.2) is 25.4 Å². The molecule has 2 aromatic rings. The van der Waals surface area contributed by atoms with Crippen LogP contribution in [0.25, 0.3) is 11.5 Å².